The Labute approximate surface area is 135 Å². The molecule has 0 bridgehead atoms. The average molecular weight is 317 g/mol. The molecule has 0 unspecified atom stereocenters. The summed E-state index contributed by atoms with van der Waals surface area (Å²) in [5.74, 6) is 0.739. The smallest absolute Gasteiger partial charge is 0.260 e. The summed E-state index contributed by atoms with van der Waals surface area (Å²) >= 11 is 0. The molecule has 23 heavy (non-hydrogen) atoms. The first kappa shape index (κ1) is 16.8. The van der Waals surface area contributed by atoms with Gasteiger partial charge in [0.25, 0.3) is 5.91 Å². The number of carbonyl (C=O) groups is 1. The SMILES string of the molecule is CC[C@H](Oc1ccc(OCc2ccccc2F)cc1)C(=O)NC. The predicted molar refractivity (Wildman–Crippen MR) is 85.9 cm³/mol. The van der Waals surface area contributed by atoms with Crippen molar-refractivity contribution in [3.63, 3.8) is 0 Å². The van der Waals surface area contributed by atoms with Crippen molar-refractivity contribution < 1.29 is 18.7 Å². The topological polar surface area (TPSA) is 47.6 Å². The van der Waals surface area contributed by atoms with Crippen LogP contribution in [0.2, 0.25) is 0 Å². The number of carbonyl (C=O) groups excluding carboxylic acids is 1. The van der Waals surface area contributed by atoms with Crippen LogP contribution in [0.3, 0.4) is 0 Å². The third kappa shape index (κ3) is 4.71. The van der Waals surface area contributed by atoms with Crippen LogP contribution in [0.4, 0.5) is 4.39 Å². The Morgan fingerprint density at radius 2 is 1.78 bits per heavy atom. The molecule has 1 N–H and O–H groups in total. The van der Waals surface area contributed by atoms with Gasteiger partial charge in [0, 0.05) is 12.6 Å². The summed E-state index contributed by atoms with van der Waals surface area (Å²) in [6.45, 7) is 2.04. The highest BCUT2D eigenvalue weighted by molar-refractivity contribution is 5.80. The van der Waals surface area contributed by atoms with Crippen molar-refractivity contribution >= 4 is 5.91 Å². The van der Waals surface area contributed by atoms with Gasteiger partial charge in [-0.05, 0) is 36.8 Å². The van der Waals surface area contributed by atoms with Gasteiger partial charge in [-0.2, -0.15) is 0 Å². The van der Waals surface area contributed by atoms with Crippen LogP contribution in [0, 0.1) is 5.82 Å². The molecule has 0 spiro atoms. The summed E-state index contributed by atoms with van der Waals surface area (Å²) < 4.78 is 24.7. The molecule has 0 aromatic heterocycles. The van der Waals surface area contributed by atoms with E-state index in [4.69, 9.17) is 9.47 Å². The minimum Gasteiger partial charge on any atom is -0.489 e. The Morgan fingerprint density at radius 1 is 1.13 bits per heavy atom. The van der Waals surface area contributed by atoms with E-state index in [0.717, 1.165) is 0 Å². The van der Waals surface area contributed by atoms with Gasteiger partial charge in [-0.3, -0.25) is 4.79 Å². The maximum Gasteiger partial charge on any atom is 0.260 e. The molecule has 4 nitrogen and oxygen atoms in total. The number of rotatable bonds is 7. The van der Waals surface area contributed by atoms with Crippen molar-refractivity contribution in [1.82, 2.24) is 5.32 Å². The Bertz CT molecular complexity index is 643. The number of hydrogen-bond acceptors (Lipinski definition) is 3. The van der Waals surface area contributed by atoms with Crippen molar-refractivity contribution in [3.8, 4) is 11.5 Å². The Hall–Kier alpha value is -2.56. The summed E-state index contributed by atoms with van der Waals surface area (Å²) in [6, 6.07) is 13.4. The van der Waals surface area contributed by atoms with Crippen LogP contribution in [0.5, 0.6) is 11.5 Å². The van der Waals surface area contributed by atoms with Crippen LogP contribution in [0.15, 0.2) is 48.5 Å². The van der Waals surface area contributed by atoms with E-state index in [-0.39, 0.29) is 18.3 Å². The van der Waals surface area contributed by atoms with E-state index in [1.165, 1.54) is 6.07 Å². The summed E-state index contributed by atoms with van der Waals surface area (Å²) in [4.78, 5) is 11.6. The first-order valence-electron chi connectivity index (χ1n) is 7.48. The van der Waals surface area contributed by atoms with Crippen LogP contribution < -0.4 is 14.8 Å². The molecule has 1 amide bonds. The molecule has 2 aromatic rings. The summed E-state index contributed by atoms with van der Waals surface area (Å²) in [7, 11) is 1.58. The third-order valence-corrected chi connectivity index (χ3v) is 3.36. The standard InChI is InChI=1S/C18H20FNO3/c1-3-17(18(21)20-2)23-15-10-8-14(9-11-15)22-12-13-6-4-5-7-16(13)19/h4-11,17H,3,12H2,1-2H3,(H,20,21)/t17-/m0/s1. The van der Waals surface area contributed by atoms with E-state index in [1.807, 2.05) is 6.92 Å². The fourth-order valence-electron chi connectivity index (χ4n) is 2.04. The molecule has 122 valence electrons. The zero-order valence-corrected chi connectivity index (χ0v) is 13.2. The van der Waals surface area contributed by atoms with Gasteiger partial charge in [-0.1, -0.05) is 25.1 Å². The maximum absolute atomic E-state index is 13.5. The molecule has 0 heterocycles. The van der Waals surface area contributed by atoms with Crippen LogP contribution in [-0.2, 0) is 11.4 Å². The minimum atomic E-state index is -0.523. The fraction of sp³-hybridized carbons (Fsp3) is 0.278. The van der Waals surface area contributed by atoms with E-state index in [2.05, 4.69) is 5.32 Å². The number of nitrogens with one attached hydrogen (secondary N) is 1. The zero-order chi connectivity index (χ0) is 16.7. The first-order chi connectivity index (χ1) is 11.1. The number of halogens is 1. The summed E-state index contributed by atoms with van der Waals surface area (Å²) in [5, 5.41) is 2.57. The van der Waals surface area contributed by atoms with E-state index in [1.54, 1.807) is 49.5 Å². The van der Waals surface area contributed by atoms with Crippen molar-refractivity contribution in [2.24, 2.45) is 0 Å². The number of likely N-dealkylation sites (N-methyl/N-ethyl adjacent to an activating group) is 1. The second-order valence-electron chi connectivity index (χ2n) is 4.98. The van der Waals surface area contributed by atoms with Gasteiger partial charge < -0.3 is 14.8 Å². The number of ether oxygens (including phenoxy) is 2. The average Bonchev–Trinajstić information content (AvgIpc) is 2.59. The molecule has 0 radical (unpaired) electrons. The molecule has 5 heteroatoms. The quantitative estimate of drug-likeness (QED) is 0.852. The highest BCUT2D eigenvalue weighted by Gasteiger charge is 2.16. The van der Waals surface area contributed by atoms with Crippen LogP contribution in [-0.4, -0.2) is 19.1 Å². The van der Waals surface area contributed by atoms with Gasteiger partial charge in [-0.25, -0.2) is 4.39 Å². The monoisotopic (exact) mass is 317 g/mol. The second-order valence-corrected chi connectivity index (χ2v) is 4.98. The Balaban J connectivity index is 1.94. The Kier molecular flexibility index (Phi) is 5.97. The van der Waals surface area contributed by atoms with E-state index in [0.29, 0.717) is 23.5 Å². The molecular formula is C18H20FNO3. The molecule has 0 aliphatic rings. The predicted octanol–water partition coefficient (Wildman–Crippen LogP) is 3.31. The highest BCUT2D eigenvalue weighted by atomic mass is 19.1. The second kappa shape index (κ2) is 8.17. The molecule has 1 atom stereocenters. The molecule has 0 aliphatic carbocycles. The lowest BCUT2D eigenvalue weighted by Crippen LogP contribution is -2.35. The molecule has 0 saturated carbocycles. The van der Waals surface area contributed by atoms with E-state index in [9.17, 15) is 9.18 Å². The van der Waals surface area contributed by atoms with Gasteiger partial charge in [0.15, 0.2) is 6.10 Å². The Morgan fingerprint density at radius 3 is 2.39 bits per heavy atom. The lowest BCUT2D eigenvalue weighted by molar-refractivity contribution is -0.127. The molecule has 0 fully saturated rings. The van der Waals surface area contributed by atoms with Crippen molar-refractivity contribution in [2.45, 2.75) is 26.1 Å². The molecule has 0 saturated heterocycles. The molecule has 2 rings (SSSR count). The number of hydrogen-bond donors (Lipinski definition) is 1. The minimum absolute atomic E-state index is 0.155. The maximum atomic E-state index is 13.5. The largest absolute Gasteiger partial charge is 0.489 e. The summed E-state index contributed by atoms with van der Waals surface area (Å²) in [6.07, 6.45) is 0.0516. The lowest BCUT2D eigenvalue weighted by Gasteiger charge is -2.16. The summed E-state index contributed by atoms with van der Waals surface area (Å²) in [5.41, 5.74) is 0.499. The van der Waals surface area contributed by atoms with Crippen LogP contribution in [0.1, 0.15) is 18.9 Å². The number of amides is 1. The van der Waals surface area contributed by atoms with Crippen LogP contribution >= 0.6 is 0 Å². The van der Waals surface area contributed by atoms with Crippen molar-refractivity contribution in [2.75, 3.05) is 7.05 Å². The molecule has 0 aliphatic heterocycles. The normalized spacial score (nSPS) is 11.6. The van der Waals surface area contributed by atoms with Gasteiger partial charge in [0.1, 0.15) is 23.9 Å². The fourth-order valence-corrected chi connectivity index (χ4v) is 2.04. The van der Waals surface area contributed by atoms with Crippen molar-refractivity contribution in [1.29, 1.82) is 0 Å². The lowest BCUT2D eigenvalue weighted by atomic mass is 10.2. The molecular weight excluding hydrogens is 297 g/mol. The first-order valence-corrected chi connectivity index (χ1v) is 7.48. The number of benzene rings is 2. The van der Waals surface area contributed by atoms with Gasteiger partial charge in [0.05, 0.1) is 0 Å². The zero-order valence-electron chi connectivity index (χ0n) is 13.2. The highest BCUT2D eigenvalue weighted by Crippen LogP contribution is 2.20. The van der Waals surface area contributed by atoms with Gasteiger partial charge in [-0.15, -0.1) is 0 Å². The van der Waals surface area contributed by atoms with Gasteiger partial charge in [0.2, 0.25) is 0 Å². The van der Waals surface area contributed by atoms with Gasteiger partial charge >= 0.3 is 0 Å². The van der Waals surface area contributed by atoms with E-state index < -0.39 is 6.10 Å². The molecule has 2 aromatic carbocycles. The van der Waals surface area contributed by atoms with Crippen LogP contribution in [0.25, 0.3) is 0 Å². The van der Waals surface area contributed by atoms with Crippen molar-refractivity contribution in [3.05, 3.63) is 59.9 Å². The van der Waals surface area contributed by atoms with E-state index >= 15 is 0 Å². The third-order valence-electron chi connectivity index (χ3n) is 3.36.